The summed E-state index contributed by atoms with van der Waals surface area (Å²) in [7, 11) is 3.22. The summed E-state index contributed by atoms with van der Waals surface area (Å²) < 4.78 is 16.7. The van der Waals surface area contributed by atoms with Crippen molar-refractivity contribution in [3.8, 4) is 11.5 Å². The summed E-state index contributed by atoms with van der Waals surface area (Å²) in [6.45, 7) is 11.9. The Morgan fingerprint density at radius 1 is 0.962 bits per heavy atom. The smallest absolute Gasteiger partial charge is 0.294 e. The second-order valence-corrected chi connectivity index (χ2v) is 14.5. The number of primary amides is 1. The molecule has 0 bridgehead atoms. The van der Waals surface area contributed by atoms with E-state index >= 15 is 0 Å². The molecule has 0 aliphatic carbocycles. The van der Waals surface area contributed by atoms with E-state index in [9.17, 15) is 29.6 Å². The zero-order valence-electron chi connectivity index (χ0n) is 31.8. The van der Waals surface area contributed by atoms with Crippen molar-refractivity contribution in [3.63, 3.8) is 0 Å². The van der Waals surface area contributed by atoms with Crippen molar-refractivity contribution < 1.29 is 43.6 Å². The maximum absolute atomic E-state index is 13.7. The van der Waals surface area contributed by atoms with Crippen molar-refractivity contribution in [3.05, 3.63) is 69.3 Å². The van der Waals surface area contributed by atoms with Crippen LogP contribution in [0.3, 0.4) is 0 Å². The second kappa shape index (κ2) is 21.2. The summed E-state index contributed by atoms with van der Waals surface area (Å²) >= 11 is 0. The summed E-state index contributed by atoms with van der Waals surface area (Å²) in [6, 6.07) is 11.3. The standard InChI is InChI=1S/C38H58N4O10/c1-24(2)29(17-26-13-14-33(50-8)34(19-26)51-16-10-15-49-7)20-31(41-35(44)28-12-9-11-27(18-28)22-52-42(47)48)32(43)21-30(25(3)4)36(45)40-23-38(5,6)37(39)46/h9,11-14,18-19,24-25,29-32,43H,10,15-17,20-23H2,1-8H3,(H2,39,46)(H,40,45)(H,41,44). The number of ether oxygens (including phenoxy) is 3. The molecule has 3 amide bonds. The Kier molecular flexibility index (Phi) is 17.8. The van der Waals surface area contributed by atoms with Crippen LogP contribution in [0.15, 0.2) is 42.5 Å². The highest BCUT2D eigenvalue weighted by Crippen LogP contribution is 2.32. The van der Waals surface area contributed by atoms with Crippen LogP contribution in [0, 0.1) is 39.2 Å². The van der Waals surface area contributed by atoms with Crippen LogP contribution in [0.2, 0.25) is 0 Å². The number of methoxy groups -OCH3 is 2. The highest BCUT2D eigenvalue weighted by Gasteiger charge is 2.34. The number of carbonyl (C=O) groups is 3. The lowest BCUT2D eigenvalue weighted by Gasteiger charge is -2.33. The Hall–Kier alpha value is -4.43. The molecule has 2 rings (SSSR count). The van der Waals surface area contributed by atoms with Gasteiger partial charge in [-0.15, -0.1) is 10.1 Å². The molecule has 2 aromatic carbocycles. The van der Waals surface area contributed by atoms with Gasteiger partial charge >= 0.3 is 0 Å². The fraction of sp³-hybridized carbons (Fsp3) is 0.605. The summed E-state index contributed by atoms with van der Waals surface area (Å²) in [6.07, 6.45) is 0.575. The van der Waals surface area contributed by atoms with Crippen LogP contribution < -0.4 is 25.8 Å². The molecule has 0 aliphatic rings. The molecule has 14 heteroatoms. The molecular formula is C38H58N4O10. The normalized spacial score (nSPS) is 13.9. The first kappa shape index (κ1) is 43.7. The third-order valence-corrected chi connectivity index (χ3v) is 9.29. The molecule has 0 aromatic heterocycles. The Labute approximate surface area is 307 Å². The van der Waals surface area contributed by atoms with E-state index in [0.29, 0.717) is 49.5 Å². The zero-order chi connectivity index (χ0) is 39.0. The van der Waals surface area contributed by atoms with Gasteiger partial charge in [0.05, 0.1) is 31.3 Å². The number of rotatable bonds is 24. The number of carbonyl (C=O) groups excluding carboxylic acids is 3. The fourth-order valence-corrected chi connectivity index (χ4v) is 5.69. The predicted molar refractivity (Wildman–Crippen MR) is 196 cm³/mol. The molecule has 290 valence electrons. The van der Waals surface area contributed by atoms with Crippen LogP contribution in [-0.2, 0) is 32.2 Å². The predicted octanol–water partition coefficient (Wildman–Crippen LogP) is 4.47. The summed E-state index contributed by atoms with van der Waals surface area (Å²) in [5, 5.41) is 27.5. The monoisotopic (exact) mass is 730 g/mol. The minimum Gasteiger partial charge on any atom is -0.493 e. The molecule has 4 unspecified atom stereocenters. The molecule has 0 aliphatic heterocycles. The topological polar surface area (TPSA) is 202 Å². The minimum absolute atomic E-state index is 0.0304. The molecule has 0 heterocycles. The van der Waals surface area contributed by atoms with Crippen LogP contribution in [0.25, 0.3) is 0 Å². The number of nitrogens with one attached hydrogen (secondary N) is 2. The van der Waals surface area contributed by atoms with Gasteiger partial charge < -0.3 is 40.5 Å². The first-order valence-electron chi connectivity index (χ1n) is 17.7. The van der Waals surface area contributed by atoms with E-state index in [1.807, 2.05) is 32.0 Å². The van der Waals surface area contributed by atoms with Crippen LogP contribution in [0.4, 0.5) is 0 Å². The number of benzene rings is 2. The van der Waals surface area contributed by atoms with Gasteiger partial charge in [-0.3, -0.25) is 14.4 Å². The first-order chi connectivity index (χ1) is 24.5. The van der Waals surface area contributed by atoms with Gasteiger partial charge in [-0.2, -0.15) is 0 Å². The zero-order valence-corrected chi connectivity index (χ0v) is 31.8. The van der Waals surface area contributed by atoms with Crippen molar-refractivity contribution in [1.82, 2.24) is 10.6 Å². The van der Waals surface area contributed by atoms with Gasteiger partial charge in [-0.1, -0.05) is 45.9 Å². The number of hydrogen-bond acceptors (Lipinski definition) is 10. The quantitative estimate of drug-likeness (QED) is 0.0678. The minimum atomic E-state index is -1.14. The highest BCUT2D eigenvalue weighted by molar-refractivity contribution is 5.94. The first-order valence-corrected chi connectivity index (χ1v) is 17.7. The molecule has 52 heavy (non-hydrogen) atoms. The van der Waals surface area contributed by atoms with Crippen LogP contribution in [0.1, 0.15) is 82.3 Å². The Morgan fingerprint density at radius 3 is 2.27 bits per heavy atom. The second-order valence-electron chi connectivity index (χ2n) is 14.5. The lowest BCUT2D eigenvalue weighted by Crippen LogP contribution is -2.49. The van der Waals surface area contributed by atoms with Crippen molar-refractivity contribution in [2.24, 2.45) is 34.8 Å². The van der Waals surface area contributed by atoms with Crippen molar-refractivity contribution in [2.45, 2.75) is 86.0 Å². The van der Waals surface area contributed by atoms with Gasteiger partial charge in [0.2, 0.25) is 11.8 Å². The Morgan fingerprint density at radius 2 is 1.67 bits per heavy atom. The van der Waals surface area contributed by atoms with Crippen LogP contribution in [-0.4, -0.2) is 74.0 Å². The van der Waals surface area contributed by atoms with Gasteiger partial charge in [-0.05, 0) is 86.3 Å². The van der Waals surface area contributed by atoms with Gasteiger partial charge in [0.1, 0.15) is 6.61 Å². The van der Waals surface area contributed by atoms with Gasteiger partial charge in [0.25, 0.3) is 11.0 Å². The third-order valence-electron chi connectivity index (χ3n) is 9.29. The molecule has 0 saturated heterocycles. The number of nitrogens with two attached hydrogens (primary N) is 1. The van der Waals surface area contributed by atoms with Gasteiger partial charge in [0.15, 0.2) is 11.5 Å². The van der Waals surface area contributed by atoms with Crippen molar-refractivity contribution >= 4 is 17.7 Å². The molecular weight excluding hydrogens is 672 g/mol. The molecule has 4 atom stereocenters. The third kappa shape index (κ3) is 14.3. The largest absolute Gasteiger partial charge is 0.493 e. The number of hydrogen-bond donors (Lipinski definition) is 4. The van der Waals surface area contributed by atoms with E-state index < -0.39 is 40.4 Å². The SMILES string of the molecule is COCCCOc1cc(CC(CC(NC(=O)c2cccc(CO[N+](=O)[O-])c2)C(O)CC(C(=O)NCC(C)(C)C(N)=O)C(C)C)C(C)C)ccc1OC. The van der Waals surface area contributed by atoms with Gasteiger partial charge in [0, 0.05) is 38.2 Å². The maximum Gasteiger partial charge on any atom is 0.294 e. The van der Waals surface area contributed by atoms with E-state index in [1.54, 1.807) is 46.3 Å². The summed E-state index contributed by atoms with van der Waals surface area (Å²) in [5.41, 5.74) is 6.18. The molecule has 0 spiro atoms. The van der Waals surface area contributed by atoms with E-state index in [1.165, 1.54) is 6.07 Å². The van der Waals surface area contributed by atoms with Gasteiger partial charge in [-0.25, -0.2) is 0 Å². The van der Waals surface area contributed by atoms with Crippen molar-refractivity contribution in [1.29, 1.82) is 0 Å². The maximum atomic E-state index is 13.7. The van der Waals surface area contributed by atoms with Crippen LogP contribution in [0.5, 0.6) is 11.5 Å². The Balaban J connectivity index is 2.41. The highest BCUT2D eigenvalue weighted by atomic mass is 16.9. The molecule has 0 radical (unpaired) electrons. The average molecular weight is 731 g/mol. The number of nitrogens with zero attached hydrogens (tertiary/aromatic N) is 1. The number of amides is 3. The lowest BCUT2D eigenvalue weighted by atomic mass is 9.80. The van der Waals surface area contributed by atoms with Crippen molar-refractivity contribution in [2.75, 3.05) is 34.0 Å². The lowest BCUT2D eigenvalue weighted by molar-refractivity contribution is -0.763. The average Bonchev–Trinajstić information content (AvgIpc) is 3.09. The Bertz CT molecular complexity index is 1470. The van der Waals surface area contributed by atoms with E-state index in [-0.39, 0.29) is 48.8 Å². The van der Waals surface area contributed by atoms with E-state index in [0.717, 1.165) is 5.56 Å². The van der Waals surface area contributed by atoms with Crippen LogP contribution >= 0.6 is 0 Å². The fourth-order valence-electron chi connectivity index (χ4n) is 5.69. The summed E-state index contributed by atoms with van der Waals surface area (Å²) in [4.78, 5) is 54.2. The molecule has 14 nitrogen and oxygen atoms in total. The molecule has 2 aromatic rings. The molecule has 0 fully saturated rings. The van der Waals surface area contributed by atoms with E-state index in [4.69, 9.17) is 19.9 Å². The summed E-state index contributed by atoms with van der Waals surface area (Å²) in [5.74, 6) is -0.878. The number of aliphatic hydroxyl groups is 1. The molecule has 0 saturated carbocycles. The van der Waals surface area contributed by atoms with E-state index in [2.05, 4.69) is 29.3 Å². The number of aliphatic hydroxyl groups excluding tert-OH is 1. The molecule has 5 N–H and O–H groups in total.